The van der Waals surface area contributed by atoms with Crippen LogP contribution in [0.15, 0.2) is 78.0 Å². The molecule has 2 heterocycles. The van der Waals surface area contributed by atoms with Crippen molar-refractivity contribution in [1.29, 1.82) is 0 Å². The van der Waals surface area contributed by atoms with Crippen molar-refractivity contribution in [3.63, 3.8) is 0 Å². The molecule has 3 aromatic carbocycles. The molecule has 1 aliphatic rings. The molecular weight excluding hydrogens is 569 g/mol. The first kappa shape index (κ1) is 29.8. The number of nitrogens with zero attached hydrogens (tertiary/aromatic N) is 4. The average Bonchev–Trinajstić information content (AvgIpc) is 3.44. The van der Waals surface area contributed by atoms with E-state index in [4.69, 9.17) is 9.47 Å². The van der Waals surface area contributed by atoms with Crippen molar-refractivity contribution in [3.8, 4) is 11.5 Å². The highest BCUT2D eigenvalue weighted by atomic mass is 32.2. The Hall–Kier alpha value is -4.64. The minimum atomic E-state index is -1.13. The number of thioether (sulfide) groups is 1. The number of benzene rings is 3. The molecule has 2 amide bonds. The summed E-state index contributed by atoms with van der Waals surface area (Å²) in [6.07, 6.45) is 0. The van der Waals surface area contributed by atoms with Gasteiger partial charge in [0, 0.05) is 49.0 Å². The van der Waals surface area contributed by atoms with E-state index in [1.54, 1.807) is 48.5 Å². The number of rotatable bonds is 10. The van der Waals surface area contributed by atoms with Crippen LogP contribution in [0, 0.1) is 19.7 Å². The molecule has 9 nitrogen and oxygen atoms in total. The monoisotopic (exact) mass is 601 g/mol. The number of amides is 2. The van der Waals surface area contributed by atoms with E-state index in [0.29, 0.717) is 27.9 Å². The number of fused-ring (bicyclic) bond motifs is 1. The van der Waals surface area contributed by atoms with Crippen molar-refractivity contribution in [2.45, 2.75) is 31.6 Å². The van der Waals surface area contributed by atoms with Gasteiger partial charge in [-0.15, -0.1) is 0 Å². The number of ether oxygens (including phenoxy) is 2. The van der Waals surface area contributed by atoms with Gasteiger partial charge in [-0.25, -0.2) is 14.4 Å². The number of hydrogen-bond donors (Lipinski definition) is 1. The van der Waals surface area contributed by atoms with Crippen molar-refractivity contribution < 1.29 is 23.5 Å². The fraction of sp³-hybridized carbons (Fsp3) is 0.250. The largest absolute Gasteiger partial charge is 0.454 e. The van der Waals surface area contributed by atoms with Crippen molar-refractivity contribution in [2.75, 3.05) is 36.9 Å². The van der Waals surface area contributed by atoms with Gasteiger partial charge in [-0.3, -0.25) is 9.59 Å². The fourth-order valence-corrected chi connectivity index (χ4v) is 5.55. The maximum Gasteiger partial charge on any atom is 0.251 e. The topological polar surface area (TPSA) is 96.9 Å². The molecule has 1 N–H and O–H groups in total. The molecule has 0 aliphatic carbocycles. The molecule has 0 saturated heterocycles. The lowest BCUT2D eigenvalue weighted by molar-refractivity contribution is -0.137. The third-order valence-electron chi connectivity index (χ3n) is 6.83. The van der Waals surface area contributed by atoms with E-state index in [1.807, 2.05) is 51.0 Å². The van der Waals surface area contributed by atoms with Crippen LogP contribution in [-0.2, 0) is 16.1 Å². The average molecular weight is 602 g/mol. The van der Waals surface area contributed by atoms with Gasteiger partial charge in [0.15, 0.2) is 16.7 Å². The molecule has 4 aromatic rings. The summed E-state index contributed by atoms with van der Waals surface area (Å²) in [5.41, 5.74) is 3.85. The van der Waals surface area contributed by atoms with Gasteiger partial charge in [0.25, 0.3) is 5.91 Å². The Morgan fingerprint density at radius 2 is 1.65 bits per heavy atom. The normalized spacial score (nSPS) is 12.5. The minimum Gasteiger partial charge on any atom is -0.454 e. The third-order valence-corrected chi connectivity index (χ3v) is 7.66. The summed E-state index contributed by atoms with van der Waals surface area (Å²) >= 11 is 1.16. The van der Waals surface area contributed by atoms with Crippen LogP contribution in [0.25, 0.3) is 0 Å². The summed E-state index contributed by atoms with van der Waals surface area (Å²) in [4.78, 5) is 40.3. The first-order valence-electron chi connectivity index (χ1n) is 13.6. The van der Waals surface area contributed by atoms with E-state index in [1.165, 1.54) is 11.0 Å². The second-order valence-corrected chi connectivity index (χ2v) is 11.2. The molecule has 0 fully saturated rings. The van der Waals surface area contributed by atoms with Crippen molar-refractivity contribution in [2.24, 2.45) is 0 Å². The maximum absolute atomic E-state index is 14.9. The first-order chi connectivity index (χ1) is 20.7. The standard InChI is InChI=1S/C32H32FN5O4S/c1-20-15-21(2)35-32(34-20)43-18-29(39)38(17-23-7-5-6-8-26(23)33)30(22-9-14-27-28(16-22)42-19-41-27)31(40)36-24-10-12-25(13-11-24)37(3)4/h5-16,30H,17-19H2,1-4H3,(H,36,40). The Labute approximate surface area is 254 Å². The summed E-state index contributed by atoms with van der Waals surface area (Å²) < 4.78 is 26.0. The predicted octanol–water partition coefficient (Wildman–Crippen LogP) is 5.53. The minimum absolute atomic E-state index is 0.0539. The third kappa shape index (κ3) is 7.23. The van der Waals surface area contributed by atoms with Gasteiger partial charge < -0.3 is 24.6 Å². The Morgan fingerprint density at radius 1 is 0.953 bits per heavy atom. The SMILES string of the molecule is Cc1cc(C)nc(SCC(=O)N(Cc2ccccc2F)C(C(=O)Nc2ccc(N(C)C)cc2)c2ccc3c(c2)OCO3)n1. The van der Waals surface area contributed by atoms with Crippen LogP contribution in [0.5, 0.6) is 11.5 Å². The molecule has 5 rings (SSSR count). The number of carbonyl (C=O) groups excluding carboxylic acids is 2. The summed E-state index contributed by atoms with van der Waals surface area (Å²) in [6, 6.07) is 19.4. The van der Waals surface area contributed by atoms with Gasteiger partial charge in [-0.2, -0.15) is 0 Å². The molecule has 11 heteroatoms. The molecule has 0 bridgehead atoms. The van der Waals surface area contributed by atoms with Crippen molar-refractivity contribution >= 4 is 35.0 Å². The van der Waals surface area contributed by atoms with Crippen molar-refractivity contribution in [3.05, 3.63) is 101 Å². The zero-order valence-electron chi connectivity index (χ0n) is 24.3. The lowest BCUT2D eigenvalue weighted by Gasteiger charge is -2.32. The van der Waals surface area contributed by atoms with E-state index in [0.717, 1.165) is 28.8 Å². The Kier molecular flexibility index (Phi) is 9.10. The molecule has 1 atom stereocenters. The number of aromatic nitrogens is 2. The van der Waals surface area contributed by atoms with Gasteiger partial charge in [0.2, 0.25) is 12.7 Å². The number of anilines is 2. The highest BCUT2D eigenvalue weighted by molar-refractivity contribution is 7.99. The summed E-state index contributed by atoms with van der Waals surface area (Å²) in [6.45, 7) is 3.62. The lowest BCUT2D eigenvalue weighted by atomic mass is 10.0. The Morgan fingerprint density at radius 3 is 2.35 bits per heavy atom. The highest BCUT2D eigenvalue weighted by Gasteiger charge is 2.33. The Balaban J connectivity index is 1.52. The number of carbonyl (C=O) groups is 2. The molecule has 1 aliphatic heterocycles. The lowest BCUT2D eigenvalue weighted by Crippen LogP contribution is -2.42. The van der Waals surface area contributed by atoms with E-state index in [-0.39, 0.29) is 24.7 Å². The fourth-order valence-electron chi connectivity index (χ4n) is 4.71. The van der Waals surface area contributed by atoms with Crippen LogP contribution in [0.4, 0.5) is 15.8 Å². The van der Waals surface area contributed by atoms with Crippen LogP contribution in [-0.4, -0.2) is 53.3 Å². The maximum atomic E-state index is 14.9. The van der Waals surface area contributed by atoms with Crippen molar-refractivity contribution in [1.82, 2.24) is 14.9 Å². The number of hydrogen-bond acceptors (Lipinski definition) is 8. The van der Waals surface area contributed by atoms with Crippen LogP contribution in [0.3, 0.4) is 0 Å². The molecule has 1 aromatic heterocycles. The van der Waals surface area contributed by atoms with Gasteiger partial charge in [-0.1, -0.05) is 36.0 Å². The molecule has 0 radical (unpaired) electrons. The smallest absolute Gasteiger partial charge is 0.251 e. The zero-order valence-corrected chi connectivity index (χ0v) is 25.2. The van der Waals surface area contributed by atoms with Gasteiger partial charge in [0.05, 0.1) is 5.75 Å². The summed E-state index contributed by atoms with van der Waals surface area (Å²) in [5.74, 6) is -0.401. The van der Waals surface area contributed by atoms with E-state index < -0.39 is 23.7 Å². The summed E-state index contributed by atoms with van der Waals surface area (Å²) in [7, 11) is 3.85. The Bertz CT molecular complexity index is 1610. The van der Waals surface area contributed by atoms with Gasteiger partial charge in [-0.05, 0) is 67.9 Å². The zero-order chi connectivity index (χ0) is 30.5. The van der Waals surface area contributed by atoms with Crippen LogP contribution < -0.4 is 19.7 Å². The quantitative estimate of drug-likeness (QED) is 0.187. The van der Waals surface area contributed by atoms with Gasteiger partial charge in [0.1, 0.15) is 11.9 Å². The highest BCUT2D eigenvalue weighted by Crippen LogP contribution is 2.37. The molecular formula is C32H32FN5O4S. The second kappa shape index (κ2) is 13.1. The second-order valence-electron chi connectivity index (χ2n) is 10.3. The first-order valence-corrected chi connectivity index (χ1v) is 14.6. The predicted molar refractivity (Wildman–Crippen MR) is 164 cm³/mol. The molecule has 43 heavy (non-hydrogen) atoms. The van der Waals surface area contributed by atoms with Crippen LogP contribution in [0.1, 0.15) is 28.6 Å². The van der Waals surface area contributed by atoms with Gasteiger partial charge >= 0.3 is 0 Å². The van der Waals surface area contributed by atoms with Crippen LogP contribution in [0.2, 0.25) is 0 Å². The van der Waals surface area contributed by atoms with E-state index in [9.17, 15) is 14.0 Å². The molecule has 1 unspecified atom stereocenters. The summed E-state index contributed by atoms with van der Waals surface area (Å²) in [5, 5.41) is 3.40. The number of nitrogens with one attached hydrogen (secondary N) is 1. The molecule has 0 spiro atoms. The molecule has 222 valence electrons. The van der Waals surface area contributed by atoms with E-state index >= 15 is 0 Å². The number of halogens is 1. The number of aryl methyl sites for hydroxylation is 2. The van der Waals surface area contributed by atoms with Crippen LogP contribution >= 0.6 is 11.8 Å². The van der Waals surface area contributed by atoms with E-state index in [2.05, 4.69) is 15.3 Å². The molecule has 0 saturated carbocycles.